The molecule has 0 heteroatoms. The standard InChI is InChI=1S/C26H28/c1-17-12-19(3)24(20(4)13-17)16-25(23-10-8-7-9-11-23)26-21(5)14-18(2)15-22(26)6/h7-16H,1-6H3/b25-16+. The van der Waals surface area contributed by atoms with E-state index in [4.69, 9.17) is 0 Å². The van der Waals surface area contributed by atoms with Crippen molar-refractivity contribution in [2.45, 2.75) is 41.5 Å². The van der Waals surface area contributed by atoms with Crippen LogP contribution in [0.15, 0.2) is 54.6 Å². The van der Waals surface area contributed by atoms with E-state index in [1.807, 2.05) is 0 Å². The molecule has 0 aliphatic carbocycles. The minimum Gasteiger partial charge on any atom is -0.0622 e. The first kappa shape index (κ1) is 18.2. The summed E-state index contributed by atoms with van der Waals surface area (Å²) in [4.78, 5) is 0. The van der Waals surface area contributed by atoms with Crippen molar-refractivity contribution in [1.29, 1.82) is 0 Å². The molecule has 0 bridgehead atoms. The van der Waals surface area contributed by atoms with Crippen LogP contribution < -0.4 is 0 Å². The lowest BCUT2D eigenvalue weighted by Gasteiger charge is -2.17. The summed E-state index contributed by atoms with van der Waals surface area (Å²) in [5.74, 6) is 0. The highest BCUT2D eigenvalue weighted by molar-refractivity contribution is 5.94. The van der Waals surface area contributed by atoms with Crippen molar-refractivity contribution in [3.05, 3.63) is 105 Å². The van der Waals surface area contributed by atoms with Crippen LogP contribution in [0.4, 0.5) is 0 Å². The molecule has 0 atom stereocenters. The monoisotopic (exact) mass is 340 g/mol. The molecule has 3 aromatic rings. The first-order valence-corrected chi connectivity index (χ1v) is 9.30. The normalized spacial score (nSPS) is 11.7. The largest absolute Gasteiger partial charge is 0.0622 e. The van der Waals surface area contributed by atoms with Crippen LogP contribution in [-0.4, -0.2) is 0 Å². The van der Waals surface area contributed by atoms with E-state index in [0.29, 0.717) is 0 Å². The van der Waals surface area contributed by atoms with E-state index < -0.39 is 0 Å². The third kappa shape index (κ3) is 3.65. The highest BCUT2D eigenvalue weighted by Gasteiger charge is 2.13. The van der Waals surface area contributed by atoms with Crippen LogP contribution in [-0.2, 0) is 0 Å². The van der Waals surface area contributed by atoms with Gasteiger partial charge < -0.3 is 0 Å². The van der Waals surface area contributed by atoms with Gasteiger partial charge >= 0.3 is 0 Å². The molecule has 0 nitrogen and oxygen atoms in total. The molecule has 0 fully saturated rings. The van der Waals surface area contributed by atoms with Crippen molar-refractivity contribution in [2.75, 3.05) is 0 Å². The molecule has 0 amide bonds. The lowest BCUT2D eigenvalue weighted by molar-refractivity contribution is 1.28. The predicted molar refractivity (Wildman–Crippen MR) is 115 cm³/mol. The van der Waals surface area contributed by atoms with Crippen molar-refractivity contribution in [3.63, 3.8) is 0 Å². The van der Waals surface area contributed by atoms with Gasteiger partial charge in [0.05, 0.1) is 0 Å². The SMILES string of the molecule is Cc1cc(C)c(/C=C(\c2ccccc2)c2c(C)cc(C)cc2C)c(C)c1. The summed E-state index contributed by atoms with van der Waals surface area (Å²) in [6.45, 7) is 13.2. The van der Waals surface area contributed by atoms with Crippen molar-refractivity contribution >= 4 is 11.6 Å². The summed E-state index contributed by atoms with van der Waals surface area (Å²) in [6.07, 6.45) is 2.38. The quantitative estimate of drug-likeness (QED) is 0.445. The first-order chi connectivity index (χ1) is 12.4. The van der Waals surface area contributed by atoms with Gasteiger partial charge in [-0.1, -0.05) is 65.7 Å². The van der Waals surface area contributed by atoms with Gasteiger partial charge in [0, 0.05) is 0 Å². The topological polar surface area (TPSA) is 0 Å². The lowest BCUT2D eigenvalue weighted by Crippen LogP contribution is -1.98. The average molecular weight is 341 g/mol. The molecule has 26 heavy (non-hydrogen) atoms. The fraction of sp³-hybridized carbons (Fsp3) is 0.231. The van der Waals surface area contributed by atoms with Gasteiger partial charge in [-0.05, 0) is 92.1 Å². The molecule has 0 aliphatic rings. The summed E-state index contributed by atoms with van der Waals surface area (Å²) in [7, 11) is 0. The Morgan fingerprint density at radius 3 is 1.58 bits per heavy atom. The van der Waals surface area contributed by atoms with Crippen LogP contribution in [0, 0.1) is 41.5 Å². The van der Waals surface area contributed by atoms with E-state index >= 15 is 0 Å². The van der Waals surface area contributed by atoms with E-state index in [9.17, 15) is 0 Å². The third-order valence-corrected chi connectivity index (χ3v) is 5.06. The average Bonchev–Trinajstić information content (AvgIpc) is 2.56. The molecule has 0 N–H and O–H groups in total. The Bertz CT molecular complexity index is 926. The first-order valence-electron chi connectivity index (χ1n) is 9.30. The van der Waals surface area contributed by atoms with Crippen LogP contribution in [0.1, 0.15) is 50.1 Å². The van der Waals surface area contributed by atoms with Gasteiger partial charge in [-0.25, -0.2) is 0 Å². The summed E-state index contributed by atoms with van der Waals surface area (Å²) in [6, 6.07) is 19.9. The molecule has 0 heterocycles. The summed E-state index contributed by atoms with van der Waals surface area (Å²) < 4.78 is 0. The molecule has 0 saturated carbocycles. The summed E-state index contributed by atoms with van der Waals surface area (Å²) >= 11 is 0. The van der Waals surface area contributed by atoms with Crippen LogP contribution in [0.25, 0.3) is 11.6 Å². The fourth-order valence-corrected chi connectivity index (χ4v) is 4.09. The third-order valence-electron chi connectivity index (χ3n) is 5.06. The molecular weight excluding hydrogens is 312 g/mol. The van der Waals surface area contributed by atoms with E-state index in [0.717, 1.165) is 0 Å². The van der Waals surface area contributed by atoms with Gasteiger partial charge in [-0.15, -0.1) is 0 Å². The Hall–Kier alpha value is -2.60. The molecular formula is C26H28. The number of benzene rings is 3. The second-order valence-corrected chi connectivity index (χ2v) is 7.51. The van der Waals surface area contributed by atoms with Gasteiger partial charge in [0.1, 0.15) is 0 Å². The smallest absolute Gasteiger partial charge is 0.01000 e. The highest BCUT2D eigenvalue weighted by Crippen LogP contribution is 2.33. The van der Waals surface area contributed by atoms with Crippen molar-refractivity contribution in [1.82, 2.24) is 0 Å². The molecule has 132 valence electrons. The van der Waals surface area contributed by atoms with Gasteiger partial charge in [0.15, 0.2) is 0 Å². The maximum Gasteiger partial charge on any atom is -0.01000 e. The zero-order valence-corrected chi connectivity index (χ0v) is 16.8. The summed E-state index contributed by atoms with van der Waals surface area (Å²) in [5, 5.41) is 0. The molecule has 0 spiro atoms. The van der Waals surface area contributed by atoms with Crippen molar-refractivity contribution in [2.24, 2.45) is 0 Å². The Balaban J connectivity index is 2.31. The Morgan fingerprint density at radius 2 is 1.08 bits per heavy atom. The van der Waals surface area contributed by atoms with Crippen LogP contribution >= 0.6 is 0 Å². The van der Waals surface area contributed by atoms with Gasteiger partial charge in [-0.3, -0.25) is 0 Å². The maximum absolute atomic E-state index is 2.38. The minimum absolute atomic E-state index is 1.27. The predicted octanol–water partition coefficient (Wildman–Crippen LogP) is 7.13. The Morgan fingerprint density at radius 1 is 0.615 bits per heavy atom. The Kier molecular flexibility index (Phi) is 5.13. The minimum atomic E-state index is 1.27. The van der Waals surface area contributed by atoms with E-state index in [-0.39, 0.29) is 0 Å². The van der Waals surface area contributed by atoms with E-state index in [1.165, 1.54) is 55.6 Å². The lowest BCUT2D eigenvalue weighted by atomic mass is 9.87. The maximum atomic E-state index is 2.38. The van der Waals surface area contributed by atoms with Crippen molar-refractivity contribution in [3.8, 4) is 0 Å². The molecule has 0 aliphatic heterocycles. The number of hydrogen-bond acceptors (Lipinski definition) is 0. The zero-order chi connectivity index (χ0) is 18.8. The second-order valence-electron chi connectivity index (χ2n) is 7.51. The van der Waals surface area contributed by atoms with Gasteiger partial charge in [0.2, 0.25) is 0 Å². The van der Waals surface area contributed by atoms with E-state index in [2.05, 4.69) is 102 Å². The van der Waals surface area contributed by atoms with Crippen LogP contribution in [0.2, 0.25) is 0 Å². The Labute approximate surface area is 158 Å². The highest BCUT2D eigenvalue weighted by atomic mass is 14.2. The van der Waals surface area contributed by atoms with E-state index in [1.54, 1.807) is 0 Å². The molecule has 0 radical (unpaired) electrons. The molecule has 0 saturated heterocycles. The van der Waals surface area contributed by atoms with Crippen LogP contribution in [0.5, 0.6) is 0 Å². The molecule has 3 aromatic carbocycles. The van der Waals surface area contributed by atoms with Gasteiger partial charge in [0.25, 0.3) is 0 Å². The van der Waals surface area contributed by atoms with Crippen LogP contribution in [0.3, 0.4) is 0 Å². The number of hydrogen-bond donors (Lipinski definition) is 0. The van der Waals surface area contributed by atoms with Crippen molar-refractivity contribution < 1.29 is 0 Å². The molecule has 0 unspecified atom stereocenters. The van der Waals surface area contributed by atoms with Gasteiger partial charge in [-0.2, -0.15) is 0 Å². The second kappa shape index (κ2) is 7.33. The fourth-order valence-electron chi connectivity index (χ4n) is 4.09. The molecule has 3 rings (SSSR count). The number of aryl methyl sites for hydroxylation is 6. The number of rotatable bonds is 3. The summed E-state index contributed by atoms with van der Waals surface area (Å²) in [5.41, 5.74) is 13.2. The molecule has 0 aromatic heterocycles. The zero-order valence-electron chi connectivity index (χ0n) is 16.8.